The molecule has 0 aliphatic carbocycles. The topological polar surface area (TPSA) is 38.5 Å². The Hall–Kier alpha value is -1.06. The van der Waals surface area contributed by atoms with Crippen LogP contribution in [0.25, 0.3) is 0 Å². The molecule has 2 N–H and O–H groups in total. The van der Waals surface area contributed by atoms with E-state index in [2.05, 4.69) is 58.8 Å². The fourth-order valence-corrected chi connectivity index (χ4v) is 2.58. The standard InChI is InChI=1S/C16H28N2O/c1-11-8-12(2)15(19-7)13(9-11)14(18(5)6)10-16(3,4)17/h8-9,14H,10,17H2,1-7H3. The van der Waals surface area contributed by atoms with Crippen LogP contribution in [0.3, 0.4) is 0 Å². The van der Waals surface area contributed by atoms with E-state index < -0.39 is 0 Å². The second-order valence-electron chi connectivity index (χ2n) is 6.38. The Morgan fingerprint density at radius 2 is 1.84 bits per heavy atom. The highest BCUT2D eigenvalue weighted by atomic mass is 16.5. The van der Waals surface area contributed by atoms with Crippen LogP contribution < -0.4 is 10.5 Å². The predicted octanol–water partition coefficient (Wildman–Crippen LogP) is 3.04. The molecule has 0 bridgehead atoms. The van der Waals surface area contributed by atoms with Crippen molar-refractivity contribution in [3.63, 3.8) is 0 Å². The minimum absolute atomic E-state index is 0.211. The Morgan fingerprint density at radius 3 is 2.26 bits per heavy atom. The molecule has 19 heavy (non-hydrogen) atoms. The van der Waals surface area contributed by atoms with Gasteiger partial charge in [-0.15, -0.1) is 0 Å². The summed E-state index contributed by atoms with van der Waals surface area (Å²) in [5, 5.41) is 0. The minimum atomic E-state index is -0.211. The van der Waals surface area contributed by atoms with Crippen molar-refractivity contribution < 1.29 is 4.74 Å². The maximum Gasteiger partial charge on any atom is 0.126 e. The molecule has 1 aromatic rings. The molecule has 0 spiro atoms. The highest BCUT2D eigenvalue weighted by molar-refractivity contribution is 5.45. The molecule has 0 fully saturated rings. The molecule has 1 aromatic carbocycles. The van der Waals surface area contributed by atoms with Gasteiger partial charge in [-0.3, -0.25) is 0 Å². The molecule has 0 aliphatic heterocycles. The third kappa shape index (κ3) is 4.22. The van der Waals surface area contributed by atoms with Gasteiger partial charge in [0, 0.05) is 17.1 Å². The van der Waals surface area contributed by atoms with Gasteiger partial charge in [0.05, 0.1) is 7.11 Å². The van der Waals surface area contributed by atoms with Crippen molar-refractivity contribution in [1.82, 2.24) is 4.90 Å². The maximum absolute atomic E-state index is 6.21. The number of methoxy groups -OCH3 is 1. The Kier molecular flexibility index (Phi) is 4.99. The van der Waals surface area contributed by atoms with Gasteiger partial charge in [0.2, 0.25) is 0 Å². The molecule has 1 rings (SSSR count). The van der Waals surface area contributed by atoms with Gasteiger partial charge in [0.1, 0.15) is 5.75 Å². The van der Waals surface area contributed by atoms with E-state index in [1.165, 1.54) is 16.7 Å². The van der Waals surface area contributed by atoms with E-state index in [-0.39, 0.29) is 11.6 Å². The third-order valence-electron chi connectivity index (χ3n) is 3.35. The van der Waals surface area contributed by atoms with Crippen LogP contribution in [0.4, 0.5) is 0 Å². The smallest absolute Gasteiger partial charge is 0.126 e. The van der Waals surface area contributed by atoms with Crippen LogP contribution in [0.2, 0.25) is 0 Å². The summed E-state index contributed by atoms with van der Waals surface area (Å²) in [6, 6.07) is 4.62. The summed E-state index contributed by atoms with van der Waals surface area (Å²) in [5.41, 5.74) is 9.67. The van der Waals surface area contributed by atoms with Gasteiger partial charge in [0.15, 0.2) is 0 Å². The summed E-state index contributed by atoms with van der Waals surface area (Å²) >= 11 is 0. The zero-order valence-corrected chi connectivity index (χ0v) is 13.4. The Balaban J connectivity index is 3.29. The minimum Gasteiger partial charge on any atom is -0.496 e. The lowest BCUT2D eigenvalue weighted by molar-refractivity contribution is 0.236. The van der Waals surface area contributed by atoms with Crippen LogP contribution in [-0.2, 0) is 0 Å². The number of aryl methyl sites for hydroxylation is 2. The fraction of sp³-hybridized carbons (Fsp3) is 0.625. The van der Waals surface area contributed by atoms with Crippen LogP contribution in [-0.4, -0.2) is 31.6 Å². The molecule has 0 saturated heterocycles. The quantitative estimate of drug-likeness (QED) is 0.888. The van der Waals surface area contributed by atoms with Crippen molar-refractivity contribution in [2.45, 2.75) is 45.7 Å². The van der Waals surface area contributed by atoms with Gasteiger partial charge < -0.3 is 15.4 Å². The predicted molar refractivity (Wildman–Crippen MR) is 81.8 cm³/mol. The van der Waals surface area contributed by atoms with Gasteiger partial charge in [0.25, 0.3) is 0 Å². The summed E-state index contributed by atoms with van der Waals surface area (Å²) in [6.07, 6.45) is 0.888. The molecule has 0 heterocycles. The number of hydrogen-bond donors (Lipinski definition) is 1. The van der Waals surface area contributed by atoms with E-state index in [1.807, 2.05) is 0 Å². The molecule has 0 saturated carbocycles. The van der Waals surface area contributed by atoms with Crippen LogP contribution in [0, 0.1) is 13.8 Å². The van der Waals surface area contributed by atoms with Crippen LogP contribution in [0.15, 0.2) is 12.1 Å². The highest BCUT2D eigenvalue weighted by Crippen LogP contribution is 2.36. The Bertz CT molecular complexity index is 433. The summed E-state index contributed by atoms with van der Waals surface area (Å²) in [5.74, 6) is 0.980. The number of ether oxygens (including phenoxy) is 1. The highest BCUT2D eigenvalue weighted by Gasteiger charge is 2.25. The first-order chi connectivity index (χ1) is 8.65. The van der Waals surface area contributed by atoms with E-state index in [0.29, 0.717) is 0 Å². The van der Waals surface area contributed by atoms with E-state index in [4.69, 9.17) is 10.5 Å². The molecule has 108 valence electrons. The lowest BCUT2D eigenvalue weighted by Gasteiger charge is -2.32. The normalized spacial score (nSPS) is 13.7. The number of nitrogens with zero attached hydrogens (tertiary/aromatic N) is 1. The monoisotopic (exact) mass is 264 g/mol. The molecule has 0 amide bonds. The Labute approximate surface area is 117 Å². The average Bonchev–Trinajstić information content (AvgIpc) is 2.23. The first kappa shape index (κ1) is 16.0. The third-order valence-corrected chi connectivity index (χ3v) is 3.35. The van der Waals surface area contributed by atoms with Gasteiger partial charge in [-0.2, -0.15) is 0 Å². The number of benzene rings is 1. The van der Waals surface area contributed by atoms with Gasteiger partial charge in [-0.25, -0.2) is 0 Å². The zero-order valence-electron chi connectivity index (χ0n) is 13.4. The first-order valence-corrected chi connectivity index (χ1v) is 6.76. The number of hydrogen-bond acceptors (Lipinski definition) is 3. The molecule has 0 aromatic heterocycles. The van der Waals surface area contributed by atoms with Crippen LogP contribution in [0.5, 0.6) is 5.75 Å². The van der Waals surface area contributed by atoms with E-state index in [9.17, 15) is 0 Å². The van der Waals surface area contributed by atoms with Crippen LogP contribution in [0.1, 0.15) is 43.0 Å². The van der Waals surface area contributed by atoms with Crippen LogP contribution >= 0.6 is 0 Å². The molecule has 1 atom stereocenters. The maximum atomic E-state index is 6.21. The van der Waals surface area contributed by atoms with E-state index in [1.54, 1.807) is 7.11 Å². The van der Waals surface area contributed by atoms with Crippen molar-refractivity contribution in [3.05, 3.63) is 28.8 Å². The first-order valence-electron chi connectivity index (χ1n) is 6.76. The molecule has 3 heteroatoms. The number of rotatable bonds is 5. The summed E-state index contributed by atoms with van der Waals surface area (Å²) < 4.78 is 5.61. The largest absolute Gasteiger partial charge is 0.496 e. The summed E-state index contributed by atoms with van der Waals surface area (Å²) in [4.78, 5) is 2.21. The molecular formula is C16H28N2O. The van der Waals surface area contributed by atoms with Crippen molar-refractivity contribution in [3.8, 4) is 5.75 Å². The van der Waals surface area contributed by atoms with Crippen molar-refractivity contribution in [1.29, 1.82) is 0 Å². The van der Waals surface area contributed by atoms with E-state index in [0.717, 1.165) is 12.2 Å². The zero-order chi connectivity index (χ0) is 14.8. The molecule has 0 radical (unpaired) electrons. The average molecular weight is 264 g/mol. The van der Waals surface area contributed by atoms with Crippen molar-refractivity contribution in [2.75, 3.05) is 21.2 Å². The second-order valence-corrected chi connectivity index (χ2v) is 6.38. The lowest BCUT2D eigenvalue weighted by atomic mass is 9.89. The van der Waals surface area contributed by atoms with Gasteiger partial charge >= 0.3 is 0 Å². The lowest BCUT2D eigenvalue weighted by Crippen LogP contribution is -2.37. The summed E-state index contributed by atoms with van der Waals surface area (Å²) in [7, 11) is 5.92. The van der Waals surface area contributed by atoms with Gasteiger partial charge in [-0.05, 0) is 53.8 Å². The van der Waals surface area contributed by atoms with Crippen molar-refractivity contribution >= 4 is 0 Å². The molecular weight excluding hydrogens is 236 g/mol. The Morgan fingerprint density at radius 1 is 1.26 bits per heavy atom. The van der Waals surface area contributed by atoms with E-state index >= 15 is 0 Å². The van der Waals surface area contributed by atoms with Gasteiger partial charge in [-0.1, -0.05) is 17.7 Å². The molecule has 1 unspecified atom stereocenters. The fourth-order valence-electron chi connectivity index (χ4n) is 2.58. The molecule has 0 aliphatic rings. The number of nitrogens with two attached hydrogens (primary N) is 1. The SMILES string of the molecule is COc1c(C)cc(C)cc1C(CC(C)(C)N)N(C)C. The molecule has 3 nitrogen and oxygen atoms in total. The summed E-state index contributed by atoms with van der Waals surface area (Å²) in [6.45, 7) is 8.35. The second kappa shape index (κ2) is 5.93. The van der Waals surface area contributed by atoms with Crippen molar-refractivity contribution in [2.24, 2.45) is 5.73 Å².